The predicted molar refractivity (Wildman–Crippen MR) is 108 cm³/mol. The Morgan fingerprint density at radius 2 is 1.79 bits per heavy atom. The van der Waals surface area contributed by atoms with Crippen molar-refractivity contribution >= 4 is 16.9 Å². The largest absolute Gasteiger partial charge is 0.493 e. The van der Waals surface area contributed by atoms with Gasteiger partial charge in [-0.3, -0.25) is 9.36 Å². The highest BCUT2D eigenvalue weighted by atomic mass is 16.6. The van der Waals surface area contributed by atoms with Crippen molar-refractivity contribution in [2.75, 3.05) is 14.2 Å². The van der Waals surface area contributed by atoms with Crippen LogP contribution in [0.3, 0.4) is 0 Å². The van der Waals surface area contributed by atoms with Gasteiger partial charge in [0.2, 0.25) is 5.75 Å². The molecular formula is C22H22N2O5. The highest BCUT2D eigenvalue weighted by Gasteiger charge is 2.19. The highest BCUT2D eigenvalue weighted by molar-refractivity contribution is 5.95. The summed E-state index contributed by atoms with van der Waals surface area (Å²) in [7, 11) is 2.98. The number of hydrogen-bond donors (Lipinski definition) is 0. The Morgan fingerprint density at radius 1 is 1.03 bits per heavy atom. The summed E-state index contributed by atoms with van der Waals surface area (Å²) >= 11 is 0. The lowest BCUT2D eigenvalue weighted by atomic mass is 10.1. The summed E-state index contributed by atoms with van der Waals surface area (Å²) in [6.07, 6.45) is 3.83. The molecule has 1 aliphatic heterocycles. The van der Waals surface area contributed by atoms with Crippen LogP contribution < -0.4 is 19.8 Å². The summed E-state index contributed by atoms with van der Waals surface area (Å²) in [5, 5.41) is 0.502. The van der Waals surface area contributed by atoms with Crippen LogP contribution in [0.5, 0.6) is 17.2 Å². The number of nitrogens with zero attached hydrogens (tertiary/aromatic N) is 2. The zero-order valence-corrected chi connectivity index (χ0v) is 16.4. The molecule has 3 aromatic rings. The van der Waals surface area contributed by atoms with Gasteiger partial charge in [-0.25, -0.2) is 9.78 Å². The van der Waals surface area contributed by atoms with Crippen LogP contribution in [0, 0.1) is 0 Å². The lowest BCUT2D eigenvalue weighted by Gasteiger charge is -2.13. The Kier molecular flexibility index (Phi) is 5.20. The molecule has 7 nitrogen and oxygen atoms in total. The minimum atomic E-state index is -0.577. The molecule has 0 N–H and O–H groups in total. The molecule has 1 aromatic heterocycles. The maximum absolute atomic E-state index is 12.8. The first-order chi connectivity index (χ1) is 14.1. The van der Waals surface area contributed by atoms with Crippen molar-refractivity contribution in [1.29, 1.82) is 0 Å². The molecule has 0 saturated heterocycles. The van der Waals surface area contributed by atoms with E-state index < -0.39 is 5.97 Å². The number of ether oxygens (including phenoxy) is 3. The van der Waals surface area contributed by atoms with E-state index in [2.05, 4.69) is 4.98 Å². The van der Waals surface area contributed by atoms with Gasteiger partial charge in [0.1, 0.15) is 5.82 Å². The van der Waals surface area contributed by atoms with Crippen LogP contribution in [0.2, 0.25) is 0 Å². The standard InChI is InChI=1S/C22H22N2O5/c1-27-17-7-6-8-18(28-2)20(17)29-22(26)14-10-11-15-16(13-14)23-19-9-4-3-5-12-24(19)21(15)25/h6-8,10-11,13H,3-5,9,12H2,1-2H3. The number of carbonyl (C=O) groups excluding carboxylic acids is 1. The van der Waals surface area contributed by atoms with E-state index in [-0.39, 0.29) is 11.3 Å². The van der Waals surface area contributed by atoms with Crippen LogP contribution in [0.15, 0.2) is 41.2 Å². The Bertz CT molecular complexity index is 1110. The summed E-state index contributed by atoms with van der Waals surface area (Å²) in [6.45, 7) is 0.689. The average Bonchev–Trinajstić information content (AvgIpc) is 2.99. The first-order valence-corrected chi connectivity index (χ1v) is 9.59. The molecule has 7 heteroatoms. The Labute approximate surface area is 167 Å². The van der Waals surface area contributed by atoms with E-state index in [1.165, 1.54) is 14.2 Å². The zero-order chi connectivity index (χ0) is 20.4. The van der Waals surface area contributed by atoms with E-state index in [4.69, 9.17) is 14.2 Å². The maximum Gasteiger partial charge on any atom is 0.343 e. The number of para-hydroxylation sites is 1. The second kappa shape index (κ2) is 7.95. The van der Waals surface area contributed by atoms with Gasteiger partial charge in [-0.05, 0) is 43.2 Å². The number of fused-ring (bicyclic) bond motifs is 2. The molecule has 0 fully saturated rings. The number of aromatic nitrogens is 2. The number of carbonyl (C=O) groups is 1. The van der Waals surface area contributed by atoms with Crippen LogP contribution in [0.25, 0.3) is 10.9 Å². The molecular weight excluding hydrogens is 372 g/mol. The third-order valence-electron chi connectivity index (χ3n) is 5.13. The Morgan fingerprint density at radius 3 is 2.52 bits per heavy atom. The fourth-order valence-electron chi connectivity index (χ4n) is 3.61. The normalized spacial score (nSPS) is 13.4. The highest BCUT2D eigenvalue weighted by Crippen LogP contribution is 2.37. The molecule has 0 amide bonds. The summed E-state index contributed by atoms with van der Waals surface area (Å²) in [5.74, 6) is 1.18. The summed E-state index contributed by atoms with van der Waals surface area (Å²) in [5.41, 5.74) is 0.749. The first-order valence-electron chi connectivity index (χ1n) is 9.59. The van der Waals surface area contributed by atoms with Crippen molar-refractivity contribution in [2.24, 2.45) is 0 Å². The lowest BCUT2D eigenvalue weighted by Crippen LogP contribution is -2.24. The van der Waals surface area contributed by atoms with Crippen LogP contribution in [-0.2, 0) is 13.0 Å². The van der Waals surface area contributed by atoms with Crippen molar-refractivity contribution in [3.63, 3.8) is 0 Å². The van der Waals surface area contributed by atoms with Crippen molar-refractivity contribution in [1.82, 2.24) is 9.55 Å². The van der Waals surface area contributed by atoms with Gasteiger partial charge in [0.15, 0.2) is 11.5 Å². The van der Waals surface area contributed by atoms with Crippen LogP contribution >= 0.6 is 0 Å². The van der Waals surface area contributed by atoms with Gasteiger partial charge >= 0.3 is 5.97 Å². The van der Waals surface area contributed by atoms with E-state index in [9.17, 15) is 9.59 Å². The molecule has 4 rings (SSSR count). The van der Waals surface area contributed by atoms with Gasteiger partial charge in [-0.1, -0.05) is 12.5 Å². The third kappa shape index (κ3) is 3.55. The fourth-order valence-corrected chi connectivity index (χ4v) is 3.61. The molecule has 2 heterocycles. The average molecular weight is 394 g/mol. The Hall–Kier alpha value is -3.35. The molecule has 29 heavy (non-hydrogen) atoms. The monoisotopic (exact) mass is 394 g/mol. The molecule has 0 atom stereocenters. The first kappa shape index (κ1) is 19.0. The number of rotatable bonds is 4. The molecule has 1 aliphatic rings. The number of hydrogen-bond acceptors (Lipinski definition) is 6. The summed E-state index contributed by atoms with van der Waals surface area (Å²) in [6, 6.07) is 9.94. The van der Waals surface area contributed by atoms with Crippen LogP contribution in [0.1, 0.15) is 35.4 Å². The number of benzene rings is 2. The van der Waals surface area contributed by atoms with E-state index in [0.29, 0.717) is 34.5 Å². The van der Waals surface area contributed by atoms with E-state index in [1.807, 2.05) is 0 Å². The second-order valence-corrected chi connectivity index (χ2v) is 6.91. The number of aryl methyl sites for hydroxylation is 1. The molecule has 0 unspecified atom stereocenters. The molecule has 0 radical (unpaired) electrons. The topological polar surface area (TPSA) is 79.7 Å². The maximum atomic E-state index is 12.8. The molecule has 0 spiro atoms. The van der Waals surface area contributed by atoms with E-state index in [1.54, 1.807) is 41.0 Å². The fraction of sp³-hybridized carbons (Fsp3) is 0.318. The van der Waals surface area contributed by atoms with Crippen molar-refractivity contribution in [3.05, 3.63) is 58.1 Å². The van der Waals surface area contributed by atoms with E-state index in [0.717, 1.165) is 31.5 Å². The lowest BCUT2D eigenvalue weighted by molar-refractivity contribution is 0.0724. The minimum Gasteiger partial charge on any atom is -0.493 e. The Balaban J connectivity index is 1.72. The van der Waals surface area contributed by atoms with Gasteiger partial charge in [0, 0.05) is 13.0 Å². The van der Waals surface area contributed by atoms with Gasteiger partial charge < -0.3 is 14.2 Å². The number of esters is 1. The predicted octanol–water partition coefficient (Wildman–Crippen LogP) is 3.36. The SMILES string of the molecule is COc1cccc(OC)c1OC(=O)c1ccc2c(=O)n3c(nc2c1)CCCCC3. The molecule has 0 saturated carbocycles. The van der Waals surface area contributed by atoms with Crippen LogP contribution in [-0.4, -0.2) is 29.7 Å². The summed E-state index contributed by atoms with van der Waals surface area (Å²) in [4.78, 5) is 30.3. The van der Waals surface area contributed by atoms with Crippen molar-refractivity contribution in [3.8, 4) is 17.2 Å². The van der Waals surface area contributed by atoms with E-state index >= 15 is 0 Å². The quantitative estimate of drug-likeness (QED) is 0.499. The van der Waals surface area contributed by atoms with Crippen molar-refractivity contribution < 1.29 is 19.0 Å². The third-order valence-corrected chi connectivity index (χ3v) is 5.13. The summed E-state index contributed by atoms with van der Waals surface area (Å²) < 4.78 is 17.9. The van der Waals surface area contributed by atoms with Crippen molar-refractivity contribution in [2.45, 2.75) is 32.2 Å². The van der Waals surface area contributed by atoms with Gasteiger partial charge in [-0.15, -0.1) is 0 Å². The molecule has 0 aliphatic carbocycles. The number of methoxy groups -OCH3 is 2. The van der Waals surface area contributed by atoms with Crippen LogP contribution in [0.4, 0.5) is 0 Å². The molecule has 0 bridgehead atoms. The molecule has 150 valence electrons. The van der Waals surface area contributed by atoms with Gasteiger partial charge in [-0.2, -0.15) is 0 Å². The smallest absolute Gasteiger partial charge is 0.343 e. The minimum absolute atomic E-state index is 0.0572. The zero-order valence-electron chi connectivity index (χ0n) is 16.4. The van der Waals surface area contributed by atoms with Gasteiger partial charge in [0.05, 0.1) is 30.7 Å². The molecule has 2 aromatic carbocycles. The van der Waals surface area contributed by atoms with Gasteiger partial charge in [0.25, 0.3) is 5.56 Å². The second-order valence-electron chi connectivity index (χ2n) is 6.91.